The van der Waals surface area contributed by atoms with E-state index in [9.17, 15) is 13.2 Å². The standard InChI is InChI=1S/C26H24N2O6S2/c1-4-33-23-15-18(7-14-22(23)34-36(30,31)21-12-5-17(2)6-13-21)16-24-25(29)28-26(35-24)27-19-8-10-20(32-3)11-9-19/h5-16H,4H2,1-3H3,(H,27,28,29)/b24-16-. The average molecular weight is 525 g/mol. The number of aryl methyl sites for hydroxylation is 1. The van der Waals surface area contributed by atoms with E-state index in [1.54, 1.807) is 68.6 Å². The maximum Gasteiger partial charge on any atom is 0.339 e. The quantitative estimate of drug-likeness (QED) is 0.324. The van der Waals surface area contributed by atoms with Crippen molar-refractivity contribution in [2.45, 2.75) is 18.7 Å². The second-order valence-electron chi connectivity index (χ2n) is 7.67. The molecule has 36 heavy (non-hydrogen) atoms. The van der Waals surface area contributed by atoms with E-state index in [4.69, 9.17) is 13.7 Å². The van der Waals surface area contributed by atoms with E-state index in [2.05, 4.69) is 10.3 Å². The molecule has 0 aliphatic carbocycles. The van der Waals surface area contributed by atoms with Gasteiger partial charge in [-0.25, -0.2) is 4.99 Å². The van der Waals surface area contributed by atoms with Crippen LogP contribution in [0.3, 0.4) is 0 Å². The zero-order valence-electron chi connectivity index (χ0n) is 19.8. The normalized spacial score (nSPS) is 15.7. The molecule has 0 bridgehead atoms. The number of amides is 1. The lowest BCUT2D eigenvalue weighted by molar-refractivity contribution is -0.115. The van der Waals surface area contributed by atoms with Gasteiger partial charge in [0.05, 0.1) is 24.3 Å². The van der Waals surface area contributed by atoms with Crippen LogP contribution in [0.4, 0.5) is 5.69 Å². The minimum atomic E-state index is -4.04. The first-order chi connectivity index (χ1) is 17.3. The van der Waals surface area contributed by atoms with Gasteiger partial charge in [0.1, 0.15) is 10.6 Å². The van der Waals surface area contributed by atoms with Crippen molar-refractivity contribution in [1.82, 2.24) is 5.32 Å². The maximum atomic E-state index is 12.7. The first-order valence-corrected chi connectivity index (χ1v) is 13.2. The van der Waals surface area contributed by atoms with Gasteiger partial charge in [-0.2, -0.15) is 8.42 Å². The number of methoxy groups -OCH3 is 1. The van der Waals surface area contributed by atoms with Gasteiger partial charge in [0, 0.05) is 0 Å². The molecule has 186 valence electrons. The second kappa shape index (κ2) is 10.9. The third-order valence-electron chi connectivity index (χ3n) is 5.03. The van der Waals surface area contributed by atoms with Crippen LogP contribution < -0.4 is 19.0 Å². The number of rotatable bonds is 8. The van der Waals surface area contributed by atoms with E-state index >= 15 is 0 Å². The van der Waals surface area contributed by atoms with Gasteiger partial charge in [-0.05, 0) is 85.8 Å². The minimum Gasteiger partial charge on any atom is -0.497 e. The molecule has 1 saturated heterocycles. The molecule has 0 radical (unpaired) electrons. The highest BCUT2D eigenvalue weighted by molar-refractivity contribution is 8.18. The lowest BCUT2D eigenvalue weighted by Crippen LogP contribution is -2.19. The number of amidine groups is 1. The van der Waals surface area contributed by atoms with Gasteiger partial charge in [-0.3, -0.25) is 4.79 Å². The Kier molecular flexibility index (Phi) is 7.66. The SMILES string of the molecule is CCOc1cc(/C=C2\SC(=Nc3ccc(OC)cc3)NC2=O)ccc1OS(=O)(=O)c1ccc(C)cc1. The smallest absolute Gasteiger partial charge is 0.339 e. The lowest BCUT2D eigenvalue weighted by atomic mass is 10.2. The number of nitrogens with zero attached hydrogens (tertiary/aromatic N) is 1. The molecule has 0 unspecified atom stereocenters. The maximum absolute atomic E-state index is 12.7. The molecule has 0 atom stereocenters. The molecule has 1 amide bonds. The summed E-state index contributed by atoms with van der Waals surface area (Å²) < 4.78 is 41.6. The Balaban J connectivity index is 1.55. The molecule has 1 aliphatic rings. The van der Waals surface area contributed by atoms with Gasteiger partial charge in [0.2, 0.25) is 0 Å². The number of thioether (sulfide) groups is 1. The summed E-state index contributed by atoms with van der Waals surface area (Å²) in [5, 5.41) is 3.19. The Morgan fingerprint density at radius 1 is 1.00 bits per heavy atom. The van der Waals surface area contributed by atoms with Gasteiger partial charge in [-0.15, -0.1) is 0 Å². The van der Waals surface area contributed by atoms with Crippen LogP contribution in [0.5, 0.6) is 17.2 Å². The number of aliphatic imine (C=N–C) groups is 1. The summed E-state index contributed by atoms with van der Waals surface area (Å²) in [5.41, 5.74) is 2.25. The van der Waals surface area contributed by atoms with Crippen molar-refractivity contribution < 1.29 is 26.9 Å². The largest absolute Gasteiger partial charge is 0.497 e. The third-order valence-corrected chi connectivity index (χ3v) is 7.19. The van der Waals surface area contributed by atoms with Crippen LogP contribution in [0.25, 0.3) is 6.08 Å². The molecule has 1 fully saturated rings. The molecular weight excluding hydrogens is 500 g/mol. The van der Waals surface area contributed by atoms with E-state index < -0.39 is 10.1 Å². The van der Waals surface area contributed by atoms with Crippen LogP contribution in [-0.4, -0.2) is 33.2 Å². The second-order valence-corrected chi connectivity index (χ2v) is 10.2. The number of carbonyl (C=O) groups excluding carboxylic acids is 1. The lowest BCUT2D eigenvalue weighted by Gasteiger charge is -2.13. The molecule has 0 aromatic heterocycles. The Morgan fingerprint density at radius 3 is 2.39 bits per heavy atom. The highest BCUT2D eigenvalue weighted by Gasteiger charge is 2.24. The molecule has 1 N–H and O–H groups in total. The van der Waals surface area contributed by atoms with Gasteiger partial charge < -0.3 is 19.0 Å². The number of carbonyl (C=O) groups is 1. The fraction of sp³-hybridized carbons (Fsp3) is 0.154. The number of ether oxygens (including phenoxy) is 2. The van der Waals surface area contributed by atoms with E-state index in [0.29, 0.717) is 33.7 Å². The van der Waals surface area contributed by atoms with E-state index in [1.165, 1.54) is 30.0 Å². The van der Waals surface area contributed by atoms with Crippen molar-refractivity contribution in [1.29, 1.82) is 0 Å². The van der Waals surface area contributed by atoms with Gasteiger partial charge in [0.15, 0.2) is 16.7 Å². The molecule has 1 heterocycles. The molecule has 3 aromatic carbocycles. The minimum absolute atomic E-state index is 0.0458. The monoisotopic (exact) mass is 524 g/mol. The Labute approximate surface area is 214 Å². The van der Waals surface area contributed by atoms with E-state index in [1.807, 2.05) is 6.92 Å². The fourth-order valence-electron chi connectivity index (χ4n) is 3.23. The van der Waals surface area contributed by atoms with Crippen molar-refractivity contribution in [3.8, 4) is 17.2 Å². The first-order valence-electron chi connectivity index (χ1n) is 11.0. The fourth-order valence-corrected chi connectivity index (χ4v) is 5.01. The first kappa shape index (κ1) is 25.3. The van der Waals surface area contributed by atoms with Crippen LogP contribution in [-0.2, 0) is 14.9 Å². The van der Waals surface area contributed by atoms with Crippen molar-refractivity contribution in [2.24, 2.45) is 4.99 Å². The highest BCUT2D eigenvalue weighted by Crippen LogP contribution is 2.34. The van der Waals surface area contributed by atoms with Crippen LogP contribution in [0, 0.1) is 6.92 Å². The summed E-state index contributed by atoms with van der Waals surface area (Å²) in [6, 6.07) is 18.3. The van der Waals surface area contributed by atoms with Crippen LogP contribution in [0.2, 0.25) is 0 Å². The molecule has 0 spiro atoms. The number of hydrogen-bond donors (Lipinski definition) is 1. The molecule has 1 aliphatic heterocycles. The Morgan fingerprint density at radius 2 is 1.72 bits per heavy atom. The van der Waals surface area contributed by atoms with Crippen LogP contribution in [0.15, 0.2) is 81.5 Å². The topological polar surface area (TPSA) is 103 Å². The zero-order valence-corrected chi connectivity index (χ0v) is 21.5. The number of benzene rings is 3. The Bertz CT molecular complexity index is 1430. The van der Waals surface area contributed by atoms with Crippen LogP contribution >= 0.6 is 11.8 Å². The Hall–Kier alpha value is -3.76. The molecule has 3 aromatic rings. The summed E-state index contributed by atoms with van der Waals surface area (Å²) in [6.45, 7) is 3.95. The summed E-state index contributed by atoms with van der Waals surface area (Å²) in [5.74, 6) is 0.738. The molecule has 8 nitrogen and oxygen atoms in total. The predicted molar refractivity (Wildman–Crippen MR) is 140 cm³/mol. The highest BCUT2D eigenvalue weighted by atomic mass is 32.2. The van der Waals surface area contributed by atoms with E-state index in [0.717, 1.165) is 5.56 Å². The van der Waals surface area contributed by atoms with Gasteiger partial charge in [0.25, 0.3) is 5.91 Å². The van der Waals surface area contributed by atoms with Gasteiger partial charge >= 0.3 is 10.1 Å². The molecule has 4 rings (SSSR count). The summed E-state index contributed by atoms with van der Waals surface area (Å²) in [7, 11) is -2.46. The third kappa shape index (κ3) is 6.07. The van der Waals surface area contributed by atoms with Crippen LogP contribution in [0.1, 0.15) is 18.1 Å². The number of hydrogen-bond acceptors (Lipinski definition) is 8. The summed E-state index contributed by atoms with van der Waals surface area (Å²) >= 11 is 1.20. The molecule has 10 heteroatoms. The van der Waals surface area contributed by atoms with Gasteiger partial charge in [-0.1, -0.05) is 23.8 Å². The van der Waals surface area contributed by atoms with Crippen molar-refractivity contribution in [3.63, 3.8) is 0 Å². The van der Waals surface area contributed by atoms with E-state index in [-0.39, 0.29) is 22.3 Å². The summed E-state index contributed by atoms with van der Waals surface area (Å²) in [4.78, 5) is 17.4. The molecule has 0 saturated carbocycles. The average Bonchev–Trinajstić information content (AvgIpc) is 3.19. The molecular formula is C26H24N2O6S2. The van der Waals surface area contributed by atoms with Crippen molar-refractivity contribution >= 4 is 44.7 Å². The number of nitrogens with one attached hydrogen (secondary N) is 1. The zero-order chi connectivity index (χ0) is 25.7. The predicted octanol–water partition coefficient (Wildman–Crippen LogP) is 5.06. The van der Waals surface area contributed by atoms with Crippen molar-refractivity contribution in [3.05, 3.63) is 82.8 Å². The summed E-state index contributed by atoms with van der Waals surface area (Å²) in [6.07, 6.45) is 1.68. The van der Waals surface area contributed by atoms with Crippen molar-refractivity contribution in [2.75, 3.05) is 13.7 Å².